The van der Waals surface area contributed by atoms with Crippen molar-refractivity contribution in [2.24, 2.45) is 0 Å². The van der Waals surface area contributed by atoms with E-state index in [-0.39, 0.29) is 4.90 Å². The van der Waals surface area contributed by atoms with Gasteiger partial charge in [-0.3, -0.25) is 4.31 Å². The molecule has 0 aromatic heterocycles. The first kappa shape index (κ1) is 15.2. The van der Waals surface area contributed by atoms with Gasteiger partial charge in [-0.05, 0) is 43.3 Å². The third-order valence-electron chi connectivity index (χ3n) is 3.41. The van der Waals surface area contributed by atoms with E-state index in [9.17, 15) is 8.42 Å². The van der Waals surface area contributed by atoms with E-state index in [1.165, 1.54) is 4.31 Å². The zero-order valence-corrected chi connectivity index (χ0v) is 13.9. The van der Waals surface area contributed by atoms with Gasteiger partial charge in [0.15, 0.2) is 0 Å². The highest BCUT2D eigenvalue weighted by Gasteiger charge is 2.29. The number of para-hydroxylation sites is 1. The van der Waals surface area contributed by atoms with Crippen LogP contribution in [-0.2, 0) is 10.0 Å². The van der Waals surface area contributed by atoms with Gasteiger partial charge in [0.05, 0.1) is 17.2 Å². The van der Waals surface area contributed by atoms with Gasteiger partial charge in [-0.2, -0.15) is 0 Å². The number of hydrogen-bond acceptors (Lipinski definition) is 4. The number of nitrogens with zero attached hydrogens (tertiary/aromatic N) is 1. The molecule has 116 valence electrons. The van der Waals surface area contributed by atoms with Gasteiger partial charge >= 0.3 is 0 Å². The predicted octanol–water partition coefficient (Wildman–Crippen LogP) is 3.39. The zero-order valence-electron chi connectivity index (χ0n) is 12.2. The van der Waals surface area contributed by atoms with E-state index in [0.717, 1.165) is 16.3 Å². The molecule has 0 bridgehead atoms. The molecule has 0 amide bonds. The van der Waals surface area contributed by atoms with E-state index in [2.05, 4.69) is 0 Å². The van der Waals surface area contributed by atoms with Crippen molar-refractivity contribution >= 4 is 27.5 Å². The molecule has 2 aromatic rings. The lowest BCUT2D eigenvalue weighted by Crippen LogP contribution is -2.35. The van der Waals surface area contributed by atoms with Crippen molar-refractivity contribution in [2.75, 3.05) is 23.2 Å². The van der Waals surface area contributed by atoms with Crippen molar-refractivity contribution in [1.29, 1.82) is 0 Å². The maximum Gasteiger partial charge on any atom is 0.264 e. The maximum absolute atomic E-state index is 12.9. The smallest absolute Gasteiger partial charge is 0.264 e. The van der Waals surface area contributed by atoms with Crippen molar-refractivity contribution in [3.63, 3.8) is 0 Å². The van der Waals surface area contributed by atoms with Crippen LogP contribution in [0.25, 0.3) is 0 Å². The zero-order chi connectivity index (χ0) is 15.6. The molecule has 1 aliphatic rings. The highest BCUT2D eigenvalue weighted by atomic mass is 32.2. The van der Waals surface area contributed by atoms with Crippen molar-refractivity contribution in [2.45, 2.75) is 16.7 Å². The van der Waals surface area contributed by atoms with E-state index in [1.807, 2.05) is 31.2 Å². The SMILES string of the molecule is CCOc1ccc(S(=O)(=O)N2CCSc3ccccc32)cc1. The van der Waals surface area contributed by atoms with Crippen molar-refractivity contribution < 1.29 is 13.2 Å². The molecule has 0 radical (unpaired) electrons. The lowest BCUT2D eigenvalue weighted by Gasteiger charge is -2.30. The topological polar surface area (TPSA) is 46.6 Å². The number of hydrogen-bond donors (Lipinski definition) is 0. The summed E-state index contributed by atoms with van der Waals surface area (Å²) in [4.78, 5) is 1.29. The highest BCUT2D eigenvalue weighted by molar-refractivity contribution is 8.00. The molecule has 0 N–H and O–H groups in total. The van der Waals surface area contributed by atoms with Gasteiger partial charge in [0.25, 0.3) is 10.0 Å². The highest BCUT2D eigenvalue weighted by Crippen LogP contribution is 2.37. The van der Waals surface area contributed by atoms with Crippen LogP contribution in [0, 0.1) is 0 Å². The average Bonchev–Trinajstić information content (AvgIpc) is 2.55. The molecule has 0 spiro atoms. The Morgan fingerprint density at radius 2 is 1.86 bits per heavy atom. The molecule has 0 aliphatic carbocycles. The number of sulfonamides is 1. The molecule has 4 nitrogen and oxygen atoms in total. The number of anilines is 1. The summed E-state index contributed by atoms with van der Waals surface area (Å²) in [6.07, 6.45) is 0. The second-order valence-corrected chi connectivity index (χ2v) is 7.80. The fourth-order valence-electron chi connectivity index (χ4n) is 2.40. The van der Waals surface area contributed by atoms with E-state index in [0.29, 0.717) is 18.9 Å². The molecule has 3 rings (SSSR count). The third kappa shape index (κ3) is 2.80. The first-order chi connectivity index (χ1) is 10.6. The molecule has 6 heteroatoms. The quantitative estimate of drug-likeness (QED) is 0.859. The summed E-state index contributed by atoms with van der Waals surface area (Å²) in [5, 5.41) is 0. The summed E-state index contributed by atoms with van der Waals surface area (Å²) in [5.74, 6) is 1.43. The van der Waals surface area contributed by atoms with Gasteiger partial charge in [-0.25, -0.2) is 8.42 Å². The Labute approximate surface area is 135 Å². The molecule has 1 heterocycles. The number of ether oxygens (including phenoxy) is 1. The van der Waals surface area contributed by atoms with Gasteiger partial charge in [0.2, 0.25) is 0 Å². The van der Waals surface area contributed by atoms with Crippen LogP contribution < -0.4 is 9.04 Å². The molecule has 0 unspecified atom stereocenters. The number of benzene rings is 2. The summed E-state index contributed by atoms with van der Waals surface area (Å²) < 4.78 is 32.6. The van der Waals surface area contributed by atoms with Gasteiger partial charge in [-0.15, -0.1) is 11.8 Å². The van der Waals surface area contributed by atoms with E-state index < -0.39 is 10.0 Å². The molecular weight excluding hydrogens is 318 g/mol. The fraction of sp³-hybridized carbons (Fsp3) is 0.250. The third-order valence-corrected chi connectivity index (χ3v) is 6.28. The number of thioether (sulfide) groups is 1. The molecule has 22 heavy (non-hydrogen) atoms. The second kappa shape index (κ2) is 6.22. The standard InChI is InChI=1S/C16H17NO3S2/c1-2-20-13-7-9-14(10-8-13)22(18,19)17-11-12-21-16-6-4-3-5-15(16)17/h3-10H,2,11-12H2,1H3. The summed E-state index contributed by atoms with van der Waals surface area (Å²) >= 11 is 1.69. The van der Waals surface area contributed by atoms with Crippen LogP contribution in [0.1, 0.15) is 6.92 Å². The minimum absolute atomic E-state index is 0.289. The molecule has 0 saturated heterocycles. The monoisotopic (exact) mass is 335 g/mol. The lowest BCUT2D eigenvalue weighted by atomic mass is 10.3. The van der Waals surface area contributed by atoms with Crippen LogP contribution in [0.5, 0.6) is 5.75 Å². The fourth-order valence-corrected chi connectivity index (χ4v) is 5.05. The Hall–Kier alpha value is -1.66. The van der Waals surface area contributed by atoms with E-state index >= 15 is 0 Å². The van der Waals surface area contributed by atoms with Crippen LogP contribution >= 0.6 is 11.8 Å². The van der Waals surface area contributed by atoms with Crippen LogP contribution in [-0.4, -0.2) is 27.3 Å². The van der Waals surface area contributed by atoms with Gasteiger partial charge in [0.1, 0.15) is 5.75 Å². The van der Waals surface area contributed by atoms with Crippen molar-refractivity contribution in [1.82, 2.24) is 0 Å². The van der Waals surface area contributed by atoms with Crippen LogP contribution in [0.3, 0.4) is 0 Å². The molecule has 0 atom stereocenters. The Bertz CT molecular complexity index is 757. The second-order valence-electron chi connectivity index (χ2n) is 4.80. The average molecular weight is 335 g/mol. The van der Waals surface area contributed by atoms with Crippen LogP contribution in [0.2, 0.25) is 0 Å². The molecular formula is C16H17NO3S2. The Morgan fingerprint density at radius 1 is 1.14 bits per heavy atom. The maximum atomic E-state index is 12.9. The molecule has 1 aliphatic heterocycles. The summed E-state index contributed by atoms with van der Waals surface area (Å²) in [6, 6.07) is 14.2. The largest absolute Gasteiger partial charge is 0.494 e. The first-order valence-electron chi connectivity index (χ1n) is 7.10. The van der Waals surface area contributed by atoms with Crippen molar-refractivity contribution in [3.05, 3.63) is 48.5 Å². The van der Waals surface area contributed by atoms with Gasteiger partial charge < -0.3 is 4.74 Å². The molecule has 0 fully saturated rings. The number of rotatable bonds is 4. The van der Waals surface area contributed by atoms with Crippen LogP contribution in [0.4, 0.5) is 5.69 Å². The van der Waals surface area contributed by atoms with Gasteiger partial charge in [-0.1, -0.05) is 12.1 Å². The van der Waals surface area contributed by atoms with Gasteiger partial charge in [0, 0.05) is 17.2 Å². The molecule has 2 aromatic carbocycles. The predicted molar refractivity (Wildman–Crippen MR) is 89.3 cm³/mol. The van der Waals surface area contributed by atoms with E-state index in [4.69, 9.17) is 4.74 Å². The Morgan fingerprint density at radius 3 is 2.59 bits per heavy atom. The minimum Gasteiger partial charge on any atom is -0.494 e. The Balaban J connectivity index is 1.97. The lowest BCUT2D eigenvalue weighted by molar-refractivity contribution is 0.340. The van der Waals surface area contributed by atoms with E-state index in [1.54, 1.807) is 36.0 Å². The molecule has 0 saturated carbocycles. The van der Waals surface area contributed by atoms with Crippen LogP contribution in [0.15, 0.2) is 58.3 Å². The summed E-state index contributed by atoms with van der Waals surface area (Å²) in [7, 11) is -3.54. The van der Waals surface area contributed by atoms with Crippen molar-refractivity contribution in [3.8, 4) is 5.75 Å². The normalized spacial score (nSPS) is 14.5. The first-order valence-corrected chi connectivity index (χ1v) is 9.53. The summed E-state index contributed by atoms with van der Waals surface area (Å²) in [6.45, 7) is 2.94. The minimum atomic E-state index is -3.54. The number of fused-ring (bicyclic) bond motifs is 1. The Kier molecular flexibility index (Phi) is 4.31. The summed E-state index contributed by atoms with van der Waals surface area (Å²) in [5.41, 5.74) is 0.757.